The Hall–Kier alpha value is -4.54. The van der Waals surface area contributed by atoms with Crippen LogP contribution >= 0.6 is 0 Å². The van der Waals surface area contributed by atoms with Crippen molar-refractivity contribution in [3.8, 4) is 17.1 Å². The molecular weight excluding hydrogens is 437 g/mol. The van der Waals surface area contributed by atoms with Crippen LogP contribution < -0.4 is 10.9 Å². The molecule has 0 saturated carbocycles. The molecule has 11 heteroatoms. The summed E-state index contributed by atoms with van der Waals surface area (Å²) >= 11 is 0. The quantitative estimate of drug-likeness (QED) is 0.462. The molecular formula is C22H15F3N6O2. The maximum Gasteiger partial charge on any atom is 0.433 e. The topological polar surface area (TPSA) is 102 Å². The first kappa shape index (κ1) is 21.7. The Morgan fingerprint density at radius 2 is 1.45 bits per heavy atom. The lowest BCUT2D eigenvalue weighted by molar-refractivity contribution is -0.141. The number of aromatic nitrogens is 4. The van der Waals surface area contributed by atoms with E-state index in [9.17, 15) is 22.8 Å². The third kappa shape index (κ3) is 4.87. The molecule has 0 atom stereocenters. The molecule has 0 aliphatic heterocycles. The van der Waals surface area contributed by atoms with E-state index in [2.05, 4.69) is 25.9 Å². The van der Waals surface area contributed by atoms with E-state index in [1.54, 1.807) is 12.1 Å². The summed E-state index contributed by atoms with van der Waals surface area (Å²) in [5.41, 5.74) is 4.36. The van der Waals surface area contributed by atoms with Crippen molar-refractivity contribution < 1.29 is 22.8 Å². The summed E-state index contributed by atoms with van der Waals surface area (Å²) in [6, 6.07) is 19.8. The second-order valence-electron chi connectivity index (χ2n) is 6.71. The first-order valence-electron chi connectivity index (χ1n) is 9.55. The molecule has 0 spiro atoms. The van der Waals surface area contributed by atoms with Crippen LogP contribution in [0.5, 0.6) is 0 Å². The van der Waals surface area contributed by atoms with Crippen molar-refractivity contribution in [3.05, 3.63) is 96.1 Å². The van der Waals surface area contributed by atoms with E-state index < -0.39 is 23.7 Å². The van der Waals surface area contributed by atoms with Gasteiger partial charge in [0.05, 0.1) is 11.3 Å². The molecule has 0 fully saturated rings. The van der Waals surface area contributed by atoms with E-state index in [0.717, 1.165) is 12.3 Å². The summed E-state index contributed by atoms with van der Waals surface area (Å²) in [5.74, 6) is -1.47. The van der Waals surface area contributed by atoms with Crippen LogP contribution in [0.15, 0.2) is 79.0 Å². The zero-order valence-corrected chi connectivity index (χ0v) is 16.7. The molecule has 2 N–H and O–H groups in total. The Kier molecular flexibility index (Phi) is 5.85. The van der Waals surface area contributed by atoms with Crippen LogP contribution in [0.25, 0.3) is 17.1 Å². The third-order valence-electron chi connectivity index (χ3n) is 4.45. The molecule has 0 radical (unpaired) electrons. The highest BCUT2D eigenvalue weighted by Crippen LogP contribution is 2.27. The summed E-state index contributed by atoms with van der Waals surface area (Å²) in [5, 5.41) is 4.25. The maximum atomic E-state index is 12.6. The van der Waals surface area contributed by atoms with Gasteiger partial charge >= 0.3 is 12.1 Å². The number of nitrogens with one attached hydrogen (secondary N) is 2. The Labute approximate surface area is 185 Å². The predicted molar refractivity (Wildman–Crippen MR) is 111 cm³/mol. The summed E-state index contributed by atoms with van der Waals surface area (Å²) in [6.45, 7) is 0. The highest BCUT2D eigenvalue weighted by Gasteiger charge is 2.32. The predicted octanol–water partition coefficient (Wildman–Crippen LogP) is 3.42. The number of carbonyl (C=O) groups excluding carboxylic acids is 2. The largest absolute Gasteiger partial charge is 0.433 e. The van der Waals surface area contributed by atoms with Gasteiger partial charge < -0.3 is 0 Å². The number of hydrogen-bond acceptors (Lipinski definition) is 5. The molecule has 2 aromatic heterocycles. The molecule has 2 heterocycles. The van der Waals surface area contributed by atoms with Gasteiger partial charge in [-0.3, -0.25) is 25.4 Å². The number of benzene rings is 2. The Morgan fingerprint density at radius 1 is 0.818 bits per heavy atom. The second-order valence-corrected chi connectivity index (χ2v) is 6.71. The van der Waals surface area contributed by atoms with Crippen molar-refractivity contribution in [2.75, 3.05) is 0 Å². The minimum atomic E-state index is -4.62. The minimum absolute atomic E-state index is 0.170. The van der Waals surface area contributed by atoms with Crippen LogP contribution in [-0.2, 0) is 6.18 Å². The van der Waals surface area contributed by atoms with Crippen LogP contribution in [0.2, 0.25) is 0 Å². The molecule has 166 valence electrons. The molecule has 33 heavy (non-hydrogen) atoms. The van der Waals surface area contributed by atoms with Crippen LogP contribution in [0.3, 0.4) is 0 Å². The monoisotopic (exact) mass is 452 g/mol. The lowest BCUT2D eigenvalue weighted by Crippen LogP contribution is -2.42. The first-order valence-corrected chi connectivity index (χ1v) is 9.55. The van der Waals surface area contributed by atoms with Gasteiger partial charge in [0.15, 0.2) is 5.82 Å². The van der Waals surface area contributed by atoms with Gasteiger partial charge in [-0.15, -0.1) is 5.10 Å². The molecule has 0 aliphatic carbocycles. The van der Waals surface area contributed by atoms with E-state index >= 15 is 0 Å². The van der Waals surface area contributed by atoms with E-state index in [0.29, 0.717) is 23.1 Å². The minimum Gasteiger partial charge on any atom is -0.267 e. The second kappa shape index (κ2) is 8.91. The molecule has 8 nitrogen and oxygen atoms in total. The molecule has 2 aromatic carbocycles. The average molecular weight is 452 g/mol. The Balaban J connectivity index is 1.53. The van der Waals surface area contributed by atoms with Gasteiger partial charge in [0.1, 0.15) is 5.69 Å². The molecule has 0 aliphatic rings. The van der Waals surface area contributed by atoms with Crippen LogP contribution in [0.4, 0.5) is 13.2 Å². The standard InChI is InChI=1S/C22H15F3N6O2/c23-22(24,25)17-12-11-15(13-26-17)20(32)28-29-21(33)18-27-19(14-7-3-1-4-8-14)31(30-18)16-9-5-2-6-10-16/h1-13H,(H,28,32)(H,29,33). The van der Waals surface area contributed by atoms with Crippen molar-refractivity contribution in [1.29, 1.82) is 0 Å². The van der Waals surface area contributed by atoms with Crippen LogP contribution in [-0.4, -0.2) is 31.6 Å². The van der Waals surface area contributed by atoms with Crippen molar-refractivity contribution in [2.45, 2.75) is 6.18 Å². The van der Waals surface area contributed by atoms with Crippen molar-refractivity contribution in [1.82, 2.24) is 30.6 Å². The fraction of sp³-hybridized carbons (Fsp3) is 0.0455. The number of alkyl halides is 3. The lowest BCUT2D eigenvalue weighted by Gasteiger charge is -2.07. The van der Waals surface area contributed by atoms with Gasteiger partial charge in [0, 0.05) is 11.8 Å². The molecule has 4 rings (SSSR count). The number of hydrazine groups is 1. The number of hydrogen-bond donors (Lipinski definition) is 2. The fourth-order valence-corrected chi connectivity index (χ4v) is 2.87. The normalized spacial score (nSPS) is 11.1. The summed E-state index contributed by atoms with van der Waals surface area (Å²) in [6.07, 6.45) is -3.86. The number of rotatable bonds is 4. The Bertz CT molecular complexity index is 1220. The number of nitrogens with zero attached hydrogens (tertiary/aromatic N) is 4. The van der Waals surface area contributed by atoms with E-state index in [1.165, 1.54) is 4.68 Å². The molecule has 0 unspecified atom stereocenters. The molecule has 4 aromatic rings. The van der Waals surface area contributed by atoms with Gasteiger partial charge in [-0.25, -0.2) is 9.67 Å². The SMILES string of the molecule is O=C(NNC(=O)c1nc(-c2ccccc2)n(-c2ccccc2)n1)c1ccc(C(F)(F)F)nc1. The zero-order chi connectivity index (χ0) is 23.4. The van der Waals surface area contributed by atoms with Crippen molar-refractivity contribution >= 4 is 11.8 Å². The van der Waals surface area contributed by atoms with Gasteiger partial charge in [-0.05, 0) is 24.3 Å². The average Bonchev–Trinajstić information content (AvgIpc) is 3.29. The van der Waals surface area contributed by atoms with Gasteiger partial charge in [0.2, 0.25) is 5.82 Å². The van der Waals surface area contributed by atoms with E-state index in [1.807, 2.05) is 48.5 Å². The molecule has 0 saturated heterocycles. The van der Waals surface area contributed by atoms with E-state index in [4.69, 9.17) is 0 Å². The molecule has 2 amide bonds. The van der Waals surface area contributed by atoms with Gasteiger partial charge in [0.25, 0.3) is 5.91 Å². The third-order valence-corrected chi connectivity index (χ3v) is 4.45. The number of pyridine rings is 1. The number of carbonyl (C=O) groups is 2. The van der Waals surface area contributed by atoms with Crippen molar-refractivity contribution in [3.63, 3.8) is 0 Å². The highest BCUT2D eigenvalue weighted by molar-refractivity contribution is 5.97. The van der Waals surface area contributed by atoms with Crippen LogP contribution in [0, 0.1) is 0 Å². The summed E-state index contributed by atoms with van der Waals surface area (Å²) in [7, 11) is 0. The summed E-state index contributed by atoms with van der Waals surface area (Å²) < 4.78 is 39.3. The van der Waals surface area contributed by atoms with Gasteiger partial charge in [-0.1, -0.05) is 48.5 Å². The summed E-state index contributed by atoms with van der Waals surface area (Å²) in [4.78, 5) is 32.2. The fourth-order valence-electron chi connectivity index (χ4n) is 2.87. The number of para-hydroxylation sites is 1. The Morgan fingerprint density at radius 3 is 2.06 bits per heavy atom. The van der Waals surface area contributed by atoms with Crippen LogP contribution in [0.1, 0.15) is 26.7 Å². The molecule has 0 bridgehead atoms. The van der Waals surface area contributed by atoms with E-state index in [-0.39, 0.29) is 11.4 Å². The smallest absolute Gasteiger partial charge is 0.267 e. The van der Waals surface area contributed by atoms with Gasteiger partial charge in [-0.2, -0.15) is 13.2 Å². The first-order chi connectivity index (χ1) is 15.8. The lowest BCUT2D eigenvalue weighted by atomic mass is 10.2. The maximum absolute atomic E-state index is 12.6. The van der Waals surface area contributed by atoms with Crippen molar-refractivity contribution in [2.24, 2.45) is 0 Å². The number of halogens is 3. The zero-order valence-electron chi connectivity index (χ0n) is 16.7. The number of amides is 2. The highest BCUT2D eigenvalue weighted by atomic mass is 19.4.